The van der Waals surface area contributed by atoms with Gasteiger partial charge in [-0.1, -0.05) is 31.0 Å². The topological polar surface area (TPSA) is 98.0 Å². The summed E-state index contributed by atoms with van der Waals surface area (Å²) in [6, 6.07) is 7.57. The number of nitrogens with one attached hydrogen (secondary N) is 2. The lowest BCUT2D eigenvalue weighted by atomic mass is 10.2. The molecule has 3 aromatic rings. The first-order valence-corrected chi connectivity index (χ1v) is 11.4. The van der Waals surface area contributed by atoms with Crippen LogP contribution in [0.25, 0.3) is 22.8 Å². The van der Waals surface area contributed by atoms with E-state index in [0.29, 0.717) is 22.7 Å². The highest BCUT2D eigenvalue weighted by Crippen LogP contribution is 2.27. The predicted molar refractivity (Wildman–Crippen MR) is 119 cm³/mol. The Hall–Kier alpha value is -2.62. The summed E-state index contributed by atoms with van der Waals surface area (Å²) in [5, 5.41) is 6.07. The third-order valence-electron chi connectivity index (χ3n) is 4.58. The minimum absolute atomic E-state index is 0.276. The first-order chi connectivity index (χ1) is 14.2. The summed E-state index contributed by atoms with van der Waals surface area (Å²) in [5.74, 6) is -0.00800. The monoisotopic (exact) mass is 449 g/mol. The fraction of sp³-hybridized carbons (Fsp3) is 0.300. The Balaban J connectivity index is 1.89. The molecule has 0 aliphatic carbocycles. The molecule has 2 N–H and O–H groups in total. The second-order valence-corrected chi connectivity index (χ2v) is 8.82. The minimum Gasteiger partial charge on any atom is -0.301 e. The zero-order valence-electron chi connectivity index (χ0n) is 17.0. The predicted octanol–water partition coefficient (Wildman–Crippen LogP) is 3.09. The first kappa shape index (κ1) is 22.1. The number of aryl methyl sites for hydroxylation is 2. The number of fused-ring (bicyclic) bond motifs is 1. The van der Waals surface area contributed by atoms with Crippen molar-refractivity contribution in [3.05, 3.63) is 52.8 Å². The second kappa shape index (κ2) is 9.03. The smallest absolute Gasteiger partial charge is 0.301 e. The summed E-state index contributed by atoms with van der Waals surface area (Å²) in [4.78, 5) is 12.2. The average molecular weight is 450 g/mol. The average Bonchev–Trinajstić information content (AvgIpc) is 3.18. The van der Waals surface area contributed by atoms with Crippen molar-refractivity contribution in [2.45, 2.75) is 26.7 Å². The number of halogens is 1. The fourth-order valence-corrected chi connectivity index (χ4v) is 4.16. The van der Waals surface area contributed by atoms with Gasteiger partial charge in [0.2, 0.25) is 0 Å². The van der Waals surface area contributed by atoms with Gasteiger partial charge < -0.3 is 4.57 Å². The Labute approximate surface area is 180 Å². The number of amides is 1. The van der Waals surface area contributed by atoms with E-state index in [4.69, 9.17) is 11.6 Å². The number of carbonyl (C=O) groups is 1. The zero-order valence-corrected chi connectivity index (χ0v) is 18.6. The summed E-state index contributed by atoms with van der Waals surface area (Å²) in [6.45, 7) is 4.05. The Morgan fingerprint density at radius 3 is 2.80 bits per heavy atom. The van der Waals surface area contributed by atoms with Crippen molar-refractivity contribution in [1.82, 2.24) is 23.8 Å². The van der Waals surface area contributed by atoms with E-state index in [1.165, 1.54) is 6.08 Å². The van der Waals surface area contributed by atoms with Gasteiger partial charge in [0.25, 0.3) is 5.91 Å². The number of hydrogen-bond donors (Lipinski definition) is 2. The maximum atomic E-state index is 12.2. The molecular formula is C20H24ClN5O3S. The van der Waals surface area contributed by atoms with E-state index < -0.39 is 16.1 Å². The van der Waals surface area contributed by atoms with E-state index in [-0.39, 0.29) is 6.54 Å². The molecule has 3 rings (SSSR count). The highest BCUT2D eigenvalue weighted by Gasteiger charge is 2.16. The molecule has 2 heterocycles. The number of nitrogens with zero attached hydrogens (tertiary/aromatic N) is 3. The molecule has 0 aliphatic rings. The van der Waals surface area contributed by atoms with E-state index >= 15 is 0 Å². The molecule has 0 unspecified atom stereocenters. The molecule has 160 valence electrons. The van der Waals surface area contributed by atoms with Gasteiger partial charge in [-0.2, -0.15) is 18.2 Å². The SMILES string of the molecule is CCCCNS(=O)(=O)NC(=O)/C=C/c1c(C)nn(C)c1-n1ccc2ccc(Cl)cc21. The van der Waals surface area contributed by atoms with E-state index in [0.717, 1.165) is 23.1 Å². The van der Waals surface area contributed by atoms with Crippen LogP contribution in [-0.4, -0.2) is 35.2 Å². The van der Waals surface area contributed by atoms with E-state index in [9.17, 15) is 13.2 Å². The van der Waals surface area contributed by atoms with Crippen LogP contribution in [0, 0.1) is 6.92 Å². The highest BCUT2D eigenvalue weighted by atomic mass is 35.5. The van der Waals surface area contributed by atoms with Gasteiger partial charge in [0.15, 0.2) is 0 Å². The fourth-order valence-electron chi connectivity index (χ4n) is 3.17. The molecule has 30 heavy (non-hydrogen) atoms. The number of rotatable bonds is 8. The Kier molecular flexibility index (Phi) is 6.64. The maximum Gasteiger partial charge on any atom is 0.301 e. The van der Waals surface area contributed by atoms with Crippen LogP contribution in [-0.2, 0) is 22.1 Å². The summed E-state index contributed by atoms with van der Waals surface area (Å²) in [5.41, 5.74) is 2.29. The molecule has 10 heteroatoms. The molecule has 0 aliphatic heterocycles. The molecule has 0 atom stereocenters. The molecular weight excluding hydrogens is 426 g/mol. The zero-order chi connectivity index (χ0) is 21.9. The van der Waals surface area contributed by atoms with E-state index in [2.05, 4.69) is 9.82 Å². The lowest BCUT2D eigenvalue weighted by molar-refractivity contribution is -0.114. The quantitative estimate of drug-likeness (QED) is 0.408. The molecule has 0 radical (unpaired) electrons. The summed E-state index contributed by atoms with van der Waals surface area (Å²) >= 11 is 6.16. The lowest BCUT2D eigenvalue weighted by Gasteiger charge is -2.08. The molecule has 2 aromatic heterocycles. The van der Waals surface area contributed by atoms with Crippen molar-refractivity contribution in [1.29, 1.82) is 0 Å². The second-order valence-electron chi connectivity index (χ2n) is 6.89. The number of benzene rings is 1. The number of unbranched alkanes of at least 4 members (excludes halogenated alkanes) is 1. The summed E-state index contributed by atoms with van der Waals surface area (Å²) < 4.78 is 31.8. The van der Waals surface area contributed by atoms with Crippen molar-refractivity contribution in [3.63, 3.8) is 0 Å². The number of hydrogen-bond acceptors (Lipinski definition) is 4. The Morgan fingerprint density at radius 2 is 2.07 bits per heavy atom. The highest BCUT2D eigenvalue weighted by molar-refractivity contribution is 7.88. The Morgan fingerprint density at radius 1 is 1.30 bits per heavy atom. The third-order valence-corrected chi connectivity index (χ3v) is 5.87. The summed E-state index contributed by atoms with van der Waals surface area (Å²) in [7, 11) is -2.09. The number of aromatic nitrogens is 3. The van der Waals surface area contributed by atoms with Crippen LogP contribution in [0.1, 0.15) is 31.0 Å². The van der Waals surface area contributed by atoms with E-state index in [1.807, 2.05) is 53.6 Å². The van der Waals surface area contributed by atoms with Gasteiger partial charge in [0.05, 0.1) is 11.2 Å². The molecule has 1 aromatic carbocycles. The van der Waals surface area contributed by atoms with Crippen molar-refractivity contribution in [2.75, 3.05) is 6.54 Å². The largest absolute Gasteiger partial charge is 0.301 e. The van der Waals surface area contributed by atoms with Gasteiger partial charge in [-0.3, -0.25) is 9.48 Å². The van der Waals surface area contributed by atoms with Crippen LogP contribution in [0.5, 0.6) is 0 Å². The van der Waals surface area contributed by atoms with Crippen LogP contribution in [0.3, 0.4) is 0 Å². The number of carbonyl (C=O) groups excluding carboxylic acids is 1. The van der Waals surface area contributed by atoms with Gasteiger partial charge in [-0.05, 0) is 37.6 Å². The van der Waals surface area contributed by atoms with Crippen molar-refractivity contribution < 1.29 is 13.2 Å². The molecule has 8 nitrogen and oxygen atoms in total. The van der Waals surface area contributed by atoms with Gasteiger partial charge in [-0.15, -0.1) is 0 Å². The normalized spacial score (nSPS) is 12.1. The third kappa shape index (κ3) is 4.92. The van der Waals surface area contributed by atoms with Gasteiger partial charge >= 0.3 is 10.2 Å². The van der Waals surface area contributed by atoms with Crippen molar-refractivity contribution >= 4 is 44.7 Å². The first-order valence-electron chi connectivity index (χ1n) is 9.52. The molecule has 0 saturated carbocycles. The van der Waals surface area contributed by atoms with Gasteiger partial charge in [-0.25, -0.2) is 4.72 Å². The van der Waals surface area contributed by atoms with Crippen LogP contribution in [0.4, 0.5) is 0 Å². The standard InChI is InChI=1S/C20H24ClN5O3S/c1-4-5-11-22-30(28,29)24-19(27)9-8-17-14(2)23-25(3)20(17)26-12-10-15-6-7-16(21)13-18(15)26/h6-10,12-13,22H,4-5,11H2,1-3H3,(H,24,27)/b9-8+. The van der Waals surface area contributed by atoms with Crippen LogP contribution in [0.2, 0.25) is 5.02 Å². The Bertz CT molecular complexity index is 1210. The van der Waals surface area contributed by atoms with Gasteiger partial charge in [0.1, 0.15) is 5.82 Å². The molecule has 0 bridgehead atoms. The van der Waals surface area contributed by atoms with Crippen LogP contribution in [0.15, 0.2) is 36.5 Å². The summed E-state index contributed by atoms with van der Waals surface area (Å²) in [6.07, 6.45) is 6.18. The molecule has 0 saturated heterocycles. The van der Waals surface area contributed by atoms with Crippen LogP contribution < -0.4 is 9.44 Å². The molecule has 0 fully saturated rings. The minimum atomic E-state index is -3.89. The van der Waals surface area contributed by atoms with Crippen molar-refractivity contribution in [3.8, 4) is 5.82 Å². The molecule has 0 spiro atoms. The molecule has 1 amide bonds. The van der Waals surface area contributed by atoms with Gasteiger partial charge in [0, 0.05) is 41.8 Å². The van der Waals surface area contributed by atoms with Crippen LogP contribution >= 0.6 is 11.6 Å². The maximum absolute atomic E-state index is 12.2. The lowest BCUT2D eigenvalue weighted by Crippen LogP contribution is -2.39. The van der Waals surface area contributed by atoms with Crippen molar-refractivity contribution in [2.24, 2.45) is 7.05 Å². The van der Waals surface area contributed by atoms with E-state index in [1.54, 1.807) is 17.8 Å².